The van der Waals surface area contributed by atoms with Crippen LogP contribution < -0.4 is 10.9 Å². The summed E-state index contributed by atoms with van der Waals surface area (Å²) < 4.78 is 0. The molecular formula is C18H16ClN3O. The molecular weight excluding hydrogens is 310 g/mol. The number of H-pyrrole nitrogens is 1. The molecule has 0 atom stereocenters. The van der Waals surface area contributed by atoms with Crippen LogP contribution in [0, 0.1) is 0 Å². The minimum atomic E-state index is -0.173. The quantitative estimate of drug-likeness (QED) is 0.751. The first kappa shape index (κ1) is 15.3. The van der Waals surface area contributed by atoms with Crippen LogP contribution in [0.5, 0.6) is 0 Å². The van der Waals surface area contributed by atoms with Crippen molar-refractivity contribution >= 4 is 17.5 Å². The van der Waals surface area contributed by atoms with E-state index in [-0.39, 0.29) is 5.56 Å². The van der Waals surface area contributed by atoms with Gasteiger partial charge in [0.25, 0.3) is 5.56 Å². The Hall–Kier alpha value is -2.59. The Balaban J connectivity index is 1.69. The van der Waals surface area contributed by atoms with Gasteiger partial charge >= 0.3 is 0 Å². The van der Waals surface area contributed by atoms with E-state index < -0.39 is 0 Å². The van der Waals surface area contributed by atoms with Gasteiger partial charge < -0.3 is 5.32 Å². The Morgan fingerprint density at radius 2 is 1.78 bits per heavy atom. The predicted octanol–water partition coefficient (Wildman–Crippen LogP) is 3.74. The third-order valence-electron chi connectivity index (χ3n) is 3.43. The molecule has 116 valence electrons. The van der Waals surface area contributed by atoms with E-state index in [0.29, 0.717) is 18.2 Å². The van der Waals surface area contributed by atoms with Crippen LogP contribution >= 0.6 is 11.6 Å². The fourth-order valence-corrected chi connectivity index (χ4v) is 2.40. The zero-order valence-corrected chi connectivity index (χ0v) is 13.2. The molecule has 0 aliphatic carbocycles. The summed E-state index contributed by atoms with van der Waals surface area (Å²) in [5, 5.41) is 3.88. The van der Waals surface area contributed by atoms with Gasteiger partial charge in [-0.2, -0.15) is 0 Å². The highest BCUT2D eigenvalue weighted by atomic mass is 35.5. The third kappa shape index (κ3) is 4.20. The van der Waals surface area contributed by atoms with E-state index in [9.17, 15) is 4.79 Å². The summed E-state index contributed by atoms with van der Waals surface area (Å²) in [5.41, 5.74) is 2.57. The van der Waals surface area contributed by atoms with Crippen molar-refractivity contribution in [2.45, 2.75) is 6.42 Å². The van der Waals surface area contributed by atoms with Crippen molar-refractivity contribution in [2.24, 2.45) is 0 Å². The molecule has 0 aliphatic heterocycles. The molecule has 0 aliphatic rings. The third-order valence-corrected chi connectivity index (χ3v) is 3.68. The average molecular weight is 326 g/mol. The van der Waals surface area contributed by atoms with Crippen molar-refractivity contribution < 1.29 is 0 Å². The molecule has 1 aromatic heterocycles. The lowest BCUT2D eigenvalue weighted by Gasteiger charge is -2.07. The van der Waals surface area contributed by atoms with Gasteiger partial charge in [0, 0.05) is 23.2 Å². The molecule has 23 heavy (non-hydrogen) atoms. The topological polar surface area (TPSA) is 57.8 Å². The van der Waals surface area contributed by atoms with Crippen LogP contribution in [0.25, 0.3) is 11.3 Å². The van der Waals surface area contributed by atoms with E-state index in [1.165, 1.54) is 11.6 Å². The van der Waals surface area contributed by atoms with Crippen molar-refractivity contribution in [3.63, 3.8) is 0 Å². The molecule has 0 bridgehead atoms. The second kappa shape index (κ2) is 7.11. The van der Waals surface area contributed by atoms with Crippen LogP contribution in [0.15, 0.2) is 65.5 Å². The summed E-state index contributed by atoms with van der Waals surface area (Å²) in [6, 6.07) is 18.8. The maximum absolute atomic E-state index is 11.8. The van der Waals surface area contributed by atoms with Gasteiger partial charge in [0.15, 0.2) is 0 Å². The molecule has 1 heterocycles. The first-order chi connectivity index (χ1) is 11.2. The summed E-state index contributed by atoms with van der Waals surface area (Å²) in [5.74, 6) is 0.477. The molecule has 0 saturated heterocycles. The number of anilines is 1. The van der Waals surface area contributed by atoms with Crippen molar-refractivity contribution in [3.8, 4) is 11.3 Å². The Bertz CT molecular complexity index is 829. The smallest absolute Gasteiger partial charge is 0.252 e. The number of hydrogen-bond donors (Lipinski definition) is 2. The minimum Gasteiger partial charge on any atom is -0.355 e. The Morgan fingerprint density at radius 1 is 1.04 bits per heavy atom. The van der Waals surface area contributed by atoms with Crippen LogP contribution in [0.1, 0.15) is 5.56 Å². The molecule has 2 aromatic carbocycles. The normalized spacial score (nSPS) is 10.5. The lowest BCUT2D eigenvalue weighted by atomic mass is 10.1. The molecule has 0 radical (unpaired) electrons. The maximum Gasteiger partial charge on any atom is 0.252 e. The van der Waals surface area contributed by atoms with E-state index in [1.54, 1.807) is 0 Å². The van der Waals surface area contributed by atoms with Gasteiger partial charge in [-0.1, -0.05) is 54.1 Å². The van der Waals surface area contributed by atoms with Gasteiger partial charge in [0.2, 0.25) is 5.95 Å². The largest absolute Gasteiger partial charge is 0.355 e. The average Bonchev–Trinajstić information content (AvgIpc) is 2.57. The number of benzene rings is 2. The number of aromatic nitrogens is 2. The number of halogens is 1. The van der Waals surface area contributed by atoms with E-state index in [0.717, 1.165) is 17.0 Å². The van der Waals surface area contributed by atoms with Gasteiger partial charge in [-0.15, -0.1) is 0 Å². The van der Waals surface area contributed by atoms with E-state index in [2.05, 4.69) is 15.3 Å². The highest BCUT2D eigenvalue weighted by molar-refractivity contribution is 6.30. The zero-order chi connectivity index (χ0) is 16.1. The lowest BCUT2D eigenvalue weighted by molar-refractivity contribution is 0.978. The predicted molar refractivity (Wildman–Crippen MR) is 93.9 cm³/mol. The SMILES string of the molecule is O=c1cc(-c2ccccc2)nc(NCCc2ccc(Cl)cc2)[nH]1. The monoisotopic (exact) mass is 325 g/mol. The van der Waals surface area contributed by atoms with Gasteiger partial charge in [-0.3, -0.25) is 9.78 Å². The Morgan fingerprint density at radius 3 is 2.52 bits per heavy atom. The molecule has 2 N–H and O–H groups in total. The Kier molecular flexibility index (Phi) is 4.74. The highest BCUT2D eigenvalue weighted by Gasteiger charge is 2.03. The molecule has 0 fully saturated rings. The van der Waals surface area contributed by atoms with Crippen molar-refractivity contribution in [3.05, 3.63) is 81.6 Å². The standard InChI is InChI=1S/C18H16ClN3O/c19-15-8-6-13(7-9-15)10-11-20-18-21-16(12-17(23)22-18)14-4-2-1-3-5-14/h1-9,12H,10-11H2,(H2,20,21,22,23). The lowest BCUT2D eigenvalue weighted by Crippen LogP contribution is -2.14. The van der Waals surface area contributed by atoms with Gasteiger partial charge in [-0.25, -0.2) is 4.98 Å². The number of hydrogen-bond acceptors (Lipinski definition) is 3. The molecule has 0 saturated carbocycles. The second-order valence-electron chi connectivity index (χ2n) is 5.15. The highest BCUT2D eigenvalue weighted by Crippen LogP contribution is 2.15. The molecule has 0 unspecified atom stereocenters. The first-order valence-corrected chi connectivity index (χ1v) is 7.73. The molecule has 3 aromatic rings. The van der Waals surface area contributed by atoms with Crippen LogP contribution in [0.4, 0.5) is 5.95 Å². The van der Waals surface area contributed by atoms with Crippen LogP contribution in [0.3, 0.4) is 0 Å². The van der Waals surface area contributed by atoms with Gasteiger partial charge in [-0.05, 0) is 24.1 Å². The minimum absolute atomic E-state index is 0.173. The first-order valence-electron chi connectivity index (χ1n) is 7.36. The van der Waals surface area contributed by atoms with E-state index >= 15 is 0 Å². The van der Waals surface area contributed by atoms with Crippen molar-refractivity contribution in [1.82, 2.24) is 9.97 Å². The fraction of sp³-hybridized carbons (Fsp3) is 0.111. The molecule has 4 nitrogen and oxygen atoms in total. The number of nitrogens with zero attached hydrogens (tertiary/aromatic N) is 1. The number of aromatic amines is 1. The summed E-state index contributed by atoms with van der Waals surface area (Å²) >= 11 is 5.87. The molecule has 5 heteroatoms. The van der Waals surface area contributed by atoms with E-state index in [4.69, 9.17) is 11.6 Å². The van der Waals surface area contributed by atoms with Gasteiger partial charge in [0.05, 0.1) is 5.69 Å². The number of nitrogens with one attached hydrogen (secondary N) is 2. The summed E-state index contributed by atoms with van der Waals surface area (Å²) in [6.45, 7) is 0.669. The number of rotatable bonds is 5. The molecule has 3 rings (SSSR count). The summed E-state index contributed by atoms with van der Waals surface area (Å²) in [4.78, 5) is 19.0. The van der Waals surface area contributed by atoms with Gasteiger partial charge in [0.1, 0.15) is 0 Å². The Labute approximate surface area is 139 Å². The summed E-state index contributed by atoms with van der Waals surface area (Å²) in [6.07, 6.45) is 0.816. The molecule has 0 amide bonds. The fourth-order valence-electron chi connectivity index (χ4n) is 2.27. The molecule has 0 spiro atoms. The van der Waals surface area contributed by atoms with E-state index in [1.807, 2.05) is 54.6 Å². The second-order valence-corrected chi connectivity index (χ2v) is 5.58. The van der Waals surface area contributed by atoms with Crippen molar-refractivity contribution in [2.75, 3.05) is 11.9 Å². The van der Waals surface area contributed by atoms with Crippen molar-refractivity contribution in [1.29, 1.82) is 0 Å². The zero-order valence-electron chi connectivity index (χ0n) is 12.4. The summed E-state index contributed by atoms with van der Waals surface area (Å²) in [7, 11) is 0. The van der Waals surface area contributed by atoms with Crippen LogP contribution in [0.2, 0.25) is 5.02 Å². The van der Waals surface area contributed by atoms with Crippen LogP contribution in [-0.4, -0.2) is 16.5 Å². The maximum atomic E-state index is 11.8. The van der Waals surface area contributed by atoms with Crippen LogP contribution in [-0.2, 0) is 6.42 Å².